The predicted octanol–water partition coefficient (Wildman–Crippen LogP) is 7.19. The third kappa shape index (κ3) is 7.05. The van der Waals surface area contributed by atoms with Crippen molar-refractivity contribution in [3.05, 3.63) is 108 Å². The number of oxazole rings is 1. The highest BCUT2D eigenvalue weighted by atomic mass is 16.7. The van der Waals surface area contributed by atoms with Crippen LogP contribution in [0.1, 0.15) is 49.1 Å². The van der Waals surface area contributed by atoms with Crippen molar-refractivity contribution in [1.82, 2.24) is 9.88 Å². The van der Waals surface area contributed by atoms with E-state index in [1.54, 1.807) is 0 Å². The second-order valence-corrected chi connectivity index (χ2v) is 11.5. The van der Waals surface area contributed by atoms with Gasteiger partial charge < -0.3 is 28.6 Å². The second-order valence-electron chi connectivity index (χ2n) is 11.5. The maximum Gasteiger partial charge on any atom is 0.305 e. The molecule has 1 aliphatic heterocycles. The Balaban J connectivity index is 1.34. The van der Waals surface area contributed by atoms with Gasteiger partial charge in [0.05, 0.1) is 18.9 Å². The molecule has 0 radical (unpaired) electrons. The Bertz CT molecular complexity index is 1850. The van der Waals surface area contributed by atoms with Gasteiger partial charge in [-0.2, -0.15) is 0 Å². The number of benzene rings is 4. The van der Waals surface area contributed by atoms with Gasteiger partial charge in [-0.1, -0.05) is 60.7 Å². The number of para-hydroxylation sites is 2. The van der Waals surface area contributed by atoms with E-state index in [1.807, 2.05) is 84.6 Å². The van der Waals surface area contributed by atoms with Gasteiger partial charge in [-0.05, 0) is 71.7 Å². The number of carboxylic acids is 1. The van der Waals surface area contributed by atoms with E-state index in [-0.39, 0.29) is 37.5 Å². The molecule has 0 aliphatic carbocycles. The van der Waals surface area contributed by atoms with Gasteiger partial charge in [0.15, 0.2) is 17.1 Å². The number of aliphatic carboxylic acids is 1. The summed E-state index contributed by atoms with van der Waals surface area (Å²) in [4.78, 5) is 32.0. The van der Waals surface area contributed by atoms with Crippen LogP contribution in [-0.4, -0.2) is 52.9 Å². The molecule has 9 nitrogen and oxygen atoms in total. The van der Waals surface area contributed by atoms with Crippen molar-refractivity contribution in [2.45, 2.75) is 50.8 Å². The third-order valence-corrected chi connectivity index (χ3v) is 8.48. The van der Waals surface area contributed by atoms with Crippen LogP contribution in [0.15, 0.2) is 95.4 Å². The summed E-state index contributed by atoms with van der Waals surface area (Å²) in [6, 6.07) is 27.4. The molecule has 1 amide bonds. The molecule has 236 valence electrons. The number of carbonyl (C=O) groups is 2. The first kappa shape index (κ1) is 30.9. The zero-order chi connectivity index (χ0) is 32.0. The molecule has 0 bridgehead atoms. The molecule has 5 aromatic rings. The largest absolute Gasteiger partial charge is 0.481 e. The SMILES string of the molecule is CO[C@H](CC(=O)O)CC(=O)N(Cc1ccc2ccccc2c1)C(C)C(C/C=C/c1nc2ccccc2o1)c1ccc2c(c1)OCO2. The van der Waals surface area contributed by atoms with Gasteiger partial charge in [0.2, 0.25) is 18.6 Å². The standard InChI is InChI=1S/C37H36N2O7/c1-24(39(36(40)20-29(43-2)21-37(41)42)22-25-14-15-26-8-3-4-9-27(26)18-25)30(28-16-17-33-34(19-28)45-23-44-33)10-7-13-35-38-31-11-5-6-12-32(31)46-35/h3-9,11-19,24,29-30H,10,20-23H2,1-2H3,(H,41,42)/b13-7+/t24?,29-,30?/m0/s1. The van der Waals surface area contributed by atoms with E-state index in [4.69, 9.17) is 18.6 Å². The van der Waals surface area contributed by atoms with Crippen LogP contribution < -0.4 is 9.47 Å². The zero-order valence-electron chi connectivity index (χ0n) is 25.8. The summed E-state index contributed by atoms with van der Waals surface area (Å²) in [7, 11) is 1.43. The van der Waals surface area contributed by atoms with Crippen LogP contribution in [0.3, 0.4) is 0 Å². The summed E-state index contributed by atoms with van der Waals surface area (Å²) in [5, 5.41) is 11.6. The van der Waals surface area contributed by atoms with Crippen molar-refractivity contribution in [3.63, 3.8) is 0 Å². The van der Waals surface area contributed by atoms with Gasteiger partial charge in [0.25, 0.3) is 0 Å². The van der Waals surface area contributed by atoms with E-state index in [2.05, 4.69) is 29.2 Å². The monoisotopic (exact) mass is 620 g/mol. The number of aromatic nitrogens is 1. The third-order valence-electron chi connectivity index (χ3n) is 8.48. The van der Waals surface area contributed by atoms with Crippen molar-refractivity contribution < 1.29 is 33.3 Å². The highest BCUT2D eigenvalue weighted by Gasteiger charge is 2.31. The number of fused-ring (bicyclic) bond motifs is 3. The fraction of sp³-hybridized carbons (Fsp3) is 0.270. The van der Waals surface area contributed by atoms with Crippen molar-refractivity contribution in [2.75, 3.05) is 13.9 Å². The lowest BCUT2D eigenvalue weighted by Gasteiger charge is -2.36. The fourth-order valence-electron chi connectivity index (χ4n) is 5.99. The zero-order valence-corrected chi connectivity index (χ0v) is 25.8. The average Bonchev–Trinajstić information content (AvgIpc) is 3.71. The number of ether oxygens (including phenoxy) is 3. The molecule has 2 unspecified atom stereocenters. The maximum absolute atomic E-state index is 14.1. The number of rotatable bonds is 13. The van der Waals surface area contributed by atoms with Gasteiger partial charge in [0.1, 0.15) is 5.52 Å². The topological polar surface area (TPSA) is 111 Å². The quantitative estimate of drug-likeness (QED) is 0.147. The molecule has 9 heteroatoms. The highest BCUT2D eigenvalue weighted by Crippen LogP contribution is 2.38. The van der Waals surface area contributed by atoms with E-state index in [1.165, 1.54) is 7.11 Å². The number of hydrogen-bond donors (Lipinski definition) is 1. The maximum atomic E-state index is 14.1. The van der Waals surface area contributed by atoms with Gasteiger partial charge in [-0.25, -0.2) is 4.98 Å². The van der Waals surface area contributed by atoms with Crippen molar-refractivity contribution in [2.24, 2.45) is 0 Å². The molecular formula is C37H36N2O7. The Morgan fingerprint density at radius 3 is 2.54 bits per heavy atom. The molecule has 1 aromatic heterocycles. The molecular weight excluding hydrogens is 584 g/mol. The first-order chi connectivity index (χ1) is 22.4. The Hall–Kier alpha value is -5.15. The summed E-state index contributed by atoms with van der Waals surface area (Å²) in [6.45, 7) is 2.52. The minimum Gasteiger partial charge on any atom is -0.481 e. The Labute approximate surface area is 267 Å². The van der Waals surface area contributed by atoms with E-state index in [0.29, 0.717) is 35.9 Å². The molecule has 1 N–H and O–H groups in total. The van der Waals surface area contributed by atoms with Crippen LogP contribution in [0.2, 0.25) is 0 Å². The summed E-state index contributed by atoms with van der Waals surface area (Å²) in [6.07, 6.45) is 3.35. The molecule has 0 saturated carbocycles. The number of carbonyl (C=O) groups excluding carboxylic acids is 1. The number of amides is 1. The molecule has 2 heterocycles. The molecule has 1 aliphatic rings. The minimum absolute atomic E-state index is 0.0622. The first-order valence-electron chi connectivity index (χ1n) is 15.3. The molecule has 0 saturated heterocycles. The number of carboxylic acid groups (broad SMARTS) is 1. The number of hydrogen-bond acceptors (Lipinski definition) is 7. The Morgan fingerprint density at radius 1 is 0.957 bits per heavy atom. The lowest BCUT2D eigenvalue weighted by Crippen LogP contribution is -2.43. The normalized spacial score (nSPS) is 14.5. The van der Waals surface area contributed by atoms with E-state index in [0.717, 1.165) is 27.4 Å². The smallest absolute Gasteiger partial charge is 0.305 e. The van der Waals surface area contributed by atoms with E-state index >= 15 is 0 Å². The lowest BCUT2D eigenvalue weighted by molar-refractivity contribution is -0.142. The second kappa shape index (κ2) is 13.9. The van der Waals surface area contributed by atoms with Crippen molar-refractivity contribution in [3.8, 4) is 11.5 Å². The van der Waals surface area contributed by atoms with Gasteiger partial charge in [-0.3, -0.25) is 9.59 Å². The van der Waals surface area contributed by atoms with Crippen molar-refractivity contribution >= 4 is 39.8 Å². The van der Waals surface area contributed by atoms with Crippen LogP contribution >= 0.6 is 0 Å². The summed E-state index contributed by atoms with van der Waals surface area (Å²) < 4.78 is 22.6. The Kier molecular flexibility index (Phi) is 9.30. The molecule has 3 atom stereocenters. The van der Waals surface area contributed by atoms with Crippen LogP contribution in [0.25, 0.3) is 27.9 Å². The number of methoxy groups -OCH3 is 1. The summed E-state index contributed by atoms with van der Waals surface area (Å²) in [5.41, 5.74) is 3.44. The average molecular weight is 621 g/mol. The number of allylic oxidation sites excluding steroid dienone is 1. The molecule has 0 fully saturated rings. The van der Waals surface area contributed by atoms with Crippen molar-refractivity contribution in [1.29, 1.82) is 0 Å². The van der Waals surface area contributed by atoms with Crippen LogP contribution in [-0.2, 0) is 20.9 Å². The molecule has 4 aromatic carbocycles. The summed E-state index contributed by atoms with van der Waals surface area (Å²) in [5.74, 6) is 0.460. The van der Waals surface area contributed by atoms with Gasteiger partial charge >= 0.3 is 5.97 Å². The van der Waals surface area contributed by atoms with E-state index < -0.39 is 12.1 Å². The van der Waals surface area contributed by atoms with Crippen LogP contribution in [0, 0.1) is 0 Å². The van der Waals surface area contributed by atoms with Gasteiger partial charge in [-0.15, -0.1) is 0 Å². The first-order valence-corrected chi connectivity index (χ1v) is 15.3. The van der Waals surface area contributed by atoms with Crippen LogP contribution in [0.5, 0.6) is 11.5 Å². The fourth-order valence-corrected chi connectivity index (χ4v) is 5.99. The van der Waals surface area contributed by atoms with E-state index in [9.17, 15) is 14.7 Å². The molecule has 6 rings (SSSR count). The lowest BCUT2D eigenvalue weighted by atomic mass is 9.87. The molecule has 46 heavy (non-hydrogen) atoms. The van der Waals surface area contributed by atoms with Crippen LogP contribution in [0.4, 0.5) is 0 Å². The highest BCUT2D eigenvalue weighted by molar-refractivity contribution is 5.83. The predicted molar refractivity (Wildman–Crippen MR) is 175 cm³/mol. The Morgan fingerprint density at radius 2 is 1.74 bits per heavy atom. The molecule has 0 spiro atoms. The summed E-state index contributed by atoms with van der Waals surface area (Å²) >= 11 is 0. The number of nitrogens with zero attached hydrogens (tertiary/aromatic N) is 2. The minimum atomic E-state index is -1.02. The van der Waals surface area contributed by atoms with Gasteiger partial charge in [0, 0.05) is 25.6 Å².